The summed E-state index contributed by atoms with van der Waals surface area (Å²) in [5.74, 6) is 0. The molecule has 87 valence electrons. The van der Waals surface area contributed by atoms with Crippen LogP contribution in [0, 0.1) is 13.0 Å². The van der Waals surface area contributed by atoms with Gasteiger partial charge in [-0.25, -0.2) is 0 Å². The van der Waals surface area contributed by atoms with Crippen LogP contribution in [0.4, 0.5) is 0 Å². The SMILES string of the molecule is Cc1[c]c(-c2ccc(Cl)cc2)c2ncccc2c1. The summed E-state index contributed by atoms with van der Waals surface area (Å²) in [5, 5.41) is 1.88. The van der Waals surface area contributed by atoms with Crippen LogP contribution >= 0.6 is 11.6 Å². The van der Waals surface area contributed by atoms with Gasteiger partial charge in [-0.1, -0.05) is 29.8 Å². The summed E-state index contributed by atoms with van der Waals surface area (Å²) in [4.78, 5) is 4.46. The number of halogens is 1. The summed E-state index contributed by atoms with van der Waals surface area (Å²) in [7, 11) is 0. The molecular weight excluding hydrogens is 242 g/mol. The summed E-state index contributed by atoms with van der Waals surface area (Å²) in [6.45, 7) is 2.05. The maximum Gasteiger partial charge on any atom is 0.0786 e. The van der Waals surface area contributed by atoms with Crippen molar-refractivity contribution in [2.75, 3.05) is 0 Å². The van der Waals surface area contributed by atoms with Gasteiger partial charge in [0.25, 0.3) is 0 Å². The van der Waals surface area contributed by atoms with Gasteiger partial charge >= 0.3 is 0 Å². The number of aromatic nitrogens is 1. The summed E-state index contributed by atoms with van der Waals surface area (Å²) >= 11 is 5.92. The zero-order valence-corrected chi connectivity index (χ0v) is 10.7. The number of hydrogen-bond donors (Lipinski definition) is 0. The summed E-state index contributed by atoms with van der Waals surface area (Å²) in [6.07, 6.45) is 1.81. The van der Waals surface area contributed by atoms with Gasteiger partial charge in [-0.15, -0.1) is 0 Å². The molecule has 3 aromatic rings. The van der Waals surface area contributed by atoms with Gasteiger partial charge in [0.1, 0.15) is 0 Å². The topological polar surface area (TPSA) is 12.9 Å². The van der Waals surface area contributed by atoms with E-state index in [1.807, 2.05) is 43.5 Å². The van der Waals surface area contributed by atoms with Crippen LogP contribution in [0.1, 0.15) is 5.56 Å². The van der Waals surface area contributed by atoms with Crippen LogP contribution in [0.25, 0.3) is 22.0 Å². The van der Waals surface area contributed by atoms with Gasteiger partial charge in [0, 0.05) is 22.2 Å². The minimum atomic E-state index is 0.740. The molecule has 2 heteroatoms. The molecule has 0 bridgehead atoms. The highest BCUT2D eigenvalue weighted by molar-refractivity contribution is 6.30. The highest BCUT2D eigenvalue weighted by Gasteiger charge is 2.06. The van der Waals surface area contributed by atoms with Crippen molar-refractivity contribution in [1.29, 1.82) is 0 Å². The molecule has 0 N–H and O–H groups in total. The van der Waals surface area contributed by atoms with Crippen LogP contribution < -0.4 is 0 Å². The second-order valence-corrected chi connectivity index (χ2v) is 4.71. The molecule has 0 amide bonds. The van der Waals surface area contributed by atoms with Gasteiger partial charge in [0.15, 0.2) is 0 Å². The monoisotopic (exact) mass is 252 g/mol. The summed E-state index contributed by atoms with van der Waals surface area (Å²) in [5.41, 5.74) is 4.21. The summed E-state index contributed by atoms with van der Waals surface area (Å²) < 4.78 is 0. The van der Waals surface area contributed by atoms with Crippen LogP contribution in [-0.2, 0) is 0 Å². The molecule has 0 aliphatic carbocycles. The molecule has 1 aromatic heterocycles. The van der Waals surface area contributed by atoms with Gasteiger partial charge < -0.3 is 0 Å². The molecule has 1 nitrogen and oxygen atoms in total. The quantitative estimate of drug-likeness (QED) is 0.614. The van der Waals surface area contributed by atoms with Crippen molar-refractivity contribution in [2.45, 2.75) is 6.92 Å². The number of pyridine rings is 1. The van der Waals surface area contributed by atoms with E-state index in [0.29, 0.717) is 0 Å². The second kappa shape index (κ2) is 4.43. The maximum absolute atomic E-state index is 5.92. The molecule has 0 unspecified atom stereocenters. The standard InChI is InChI=1S/C16H11ClN/c1-11-9-13-3-2-8-18-16(13)15(10-11)12-4-6-14(17)7-5-12/h2-9H,1H3. The molecule has 0 saturated carbocycles. The Bertz CT molecular complexity index is 702. The van der Waals surface area contributed by atoms with E-state index < -0.39 is 0 Å². The molecule has 0 aliphatic heterocycles. The zero-order valence-electron chi connectivity index (χ0n) is 9.94. The first kappa shape index (κ1) is 11.2. The van der Waals surface area contributed by atoms with E-state index >= 15 is 0 Å². The van der Waals surface area contributed by atoms with E-state index in [1.54, 1.807) is 0 Å². The Balaban J connectivity index is 2.31. The van der Waals surface area contributed by atoms with Gasteiger partial charge in [0.2, 0.25) is 0 Å². The molecule has 0 fully saturated rings. The van der Waals surface area contributed by atoms with Crippen LogP contribution in [0.15, 0.2) is 48.7 Å². The van der Waals surface area contributed by atoms with E-state index in [4.69, 9.17) is 11.6 Å². The lowest BCUT2D eigenvalue weighted by Gasteiger charge is -2.07. The van der Waals surface area contributed by atoms with Crippen molar-refractivity contribution >= 4 is 22.5 Å². The Morgan fingerprint density at radius 2 is 1.89 bits per heavy atom. The van der Waals surface area contributed by atoms with Crippen molar-refractivity contribution in [3.8, 4) is 11.1 Å². The molecule has 3 rings (SSSR count). The minimum absolute atomic E-state index is 0.740. The highest BCUT2D eigenvalue weighted by Crippen LogP contribution is 2.28. The van der Waals surface area contributed by atoms with E-state index in [1.165, 1.54) is 0 Å². The fraction of sp³-hybridized carbons (Fsp3) is 0.0625. The first-order valence-corrected chi connectivity index (χ1v) is 6.15. The molecule has 1 radical (unpaired) electrons. The number of fused-ring (bicyclic) bond motifs is 1. The summed E-state index contributed by atoms with van der Waals surface area (Å²) in [6, 6.07) is 17.3. The third-order valence-electron chi connectivity index (χ3n) is 2.90. The van der Waals surface area contributed by atoms with Gasteiger partial charge in [-0.2, -0.15) is 0 Å². The molecule has 0 saturated heterocycles. The lowest BCUT2D eigenvalue weighted by Crippen LogP contribution is -1.87. The number of aryl methyl sites for hydroxylation is 1. The highest BCUT2D eigenvalue weighted by atomic mass is 35.5. The average Bonchev–Trinajstić information content (AvgIpc) is 2.38. The van der Waals surface area contributed by atoms with Gasteiger partial charge in [-0.3, -0.25) is 4.98 Å². The van der Waals surface area contributed by atoms with Crippen molar-refractivity contribution in [3.63, 3.8) is 0 Å². The van der Waals surface area contributed by atoms with Crippen LogP contribution in [0.3, 0.4) is 0 Å². The van der Waals surface area contributed by atoms with E-state index in [0.717, 1.165) is 32.6 Å². The Morgan fingerprint density at radius 1 is 1.11 bits per heavy atom. The fourth-order valence-electron chi connectivity index (χ4n) is 2.09. The van der Waals surface area contributed by atoms with E-state index in [9.17, 15) is 0 Å². The molecule has 0 aliphatic rings. The number of rotatable bonds is 1. The zero-order chi connectivity index (χ0) is 12.5. The van der Waals surface area contributed by atoms with E-state index in [2.05, 4.69) is 23.2 Å². The third-order valence-corrected chi connectivity index (χ3v) is 3.15. The molecule has 0 atom stereocenters. The fourth-order valence-corrected chi connectivity index (χ4v) is 2.22. The normalized spacial score (nSPS) is 10.8. The number of benzene rings is 2. The predicted octanol–water partition coefficient (Wildman–Crippen LogP) is 4.66. The number of nitrogens with zero attached hydrogens (tertiary/aromatic N) is 1. The first-order chi connectivity index (χ1) is 8.74. The molecule has 18 heavy (non-hydrogen) atoms. The Kier molecular flexibility index (Phi) is 2.77. The van der Waals surface area contributed by atoms with Crippen LogP contribution in [0.2, 0.25) is 5.02 Å². The first-order valence-electron chi connectivity index (χ1n) is 5.77. The molecule has 1 heterocycles. The lowest BCUT2D eigenvalue weighted by atomic mass is 9.99. The smallest absolute Gasteiger partial charge is 0.0786 e. The Morgan fingerprint density at radius 3 is 2.67 bits per heavy atom. The largest absolute Gasteiger partial charge is 0.256 e. The minimum Gasteiger partial charge on any atom is -0.256 e. The van der Waals surface area contributed by atoms with Gasteiger partial charge in [-0.05, 0) is 48.4 Å². The average molecular weight is 253 g/mol. The molecule has 2 aromatic carbocycles. The predicted molar refractivity (Wildman–Crippen MR) is 75.8 cm³/mol. The van der Waals surface area contributed by atoms with Crippen molar-refractivity contribution in [3.05, 3.63) is 65.3 Å². The van der Waals surface area contributed by atoms with E-state index in [-0.39, 0.29) is 0 Å². The van der Waals surface area contributed by atoms with Crippen molar-refractivity contribution in [2.24, 2.45) is 0 Å². The maximum atomic E-state index is 5.92. The Hall–Kier alpha value is -1.86. The second-order valence-electron chi connectivity index (χ2n) is 4.28. The van der Waals surface area contributed by atoms with Crippen molar-refractivity contribution in [1.82, 2.24) is 4.98 Å². The third kappa shape index (κ3) is 1.98. The van der Waals surface area contributed by atoms with Crippen LogP contribution in [0.5, 0.6) is 0 Å². The van der Waals surface area contributed by atoms with Crippen molar-refractivity contribution < 1.29 is 0 Å². The Labute approximate surface area is 111 Å². The molecular formula is C16H11ClN. The molecule has 0 spiro atoms. The van der Waals surface area contributed by atoms with Crippen LogP contribution in [-0.4, -0.2) is 4.98 Å². The van der Waals surface area contributed by atoms with Gasteiger partial charge in [0.05, 0.1) is 5.52 Å². The number of hydrogen-bond acceptors (Lipinski definition) is 1. The lowest BCUT2D eigenvalue weighted by molar-refractivity contribution is 1.39.